The summed E-state index contributed by atoms with van der Waals surface area (Å²) in [7, 11) is 0. The molecule has 0 bridgehead atoms. The minimum atomic E-state index is 0.628. The van der Waals surface area contributed by atoms with Crippen molar-refractivity contribution in [2.75, 3.05) is 0 Å². The van der Waals surface area contributed by atoms with Crippen LogP contribution in [0.2, 0.25) is 5.15 Å². The number of nitrogens with zero attached hydrogens (tertiary/aromatic N) is 2. The molecule has 0 saturated heterocycles. The zero-order valence-corrected chi connectivity index (χ0v) is 14.0. The van der Waals surface area contributed by atoms with Gasteiger partial charge < -0.3 is 0 Å². The predicted molar refractivity (Wildman–Crippen MR) is 92.9 cm³/mol. The Morgan fingerprint density at radius 2 is 2.05 bits per heavy atom. The van der Waals surface area contributed by atoms with E-state index < -0.39 is 0 Å². The molecule has 3 aromatic rings. The fourth-order valence-electron chi connectivity index (χ4n) is 3.20. The molecule has 4 heteroatoms. The van der Waals surface area contributed by atoms with Crippen LogP contribution in [0.4, 0.5) is 0 Å². The molecule has 0 fully saturated rings. The molecule has 2 aromatic heterocycles. The highest BCUT2D eigenvalue weighted by Gasteiger charge is 2.23. The summed E-state index contributed by atoms with van der Waals surface area (Å²) in [5.41, 5.74) is 2.61. The van der Waals surface area contributed by atoms with E-state index in [4.69, 9.17) is 16.6 Å². The first-order valence-corrected chi connectivity index (χ1v) is 8.90. The smallest absolute Gasteiger partial charge is 0.141 e. The summed E-state index contributed by atoms with van der Waals surface area (Å²) in [5, 5.41) is 1.73. The van der Waals surface area contributed by atoms with E-state index in [2.05, 4.69) is 24.0 Å². The maximum Gasteiger partial charge on any atom is 0.141 e. The maximum atomic E-state index is 6.50. The van der Waals surface area contributed by atoms with E-state index in [9.17, 15) is 0 Å². The lowest BCUT2D eigenvalue weighted by Crippen LogP contribution is -2.08. The van der Waals surface area contributed by atoms with E-state index in [1.54, 1.807) is 11.3 Å². The summed E-state index contributed by atoms with van der Waals surface area (Å²) in [6.07, 6.45) is 4.23. The highest BCUT2D eigenvalue weighted by Crippen LogP contribution is 2.39. The van der Waals surface area contributed by atoms with Gasteiger partial charge in [-0.15, -0.1) is 11.3 Å². The molecule has 0 N–H and O–H groups in total. The molecule has 1 atom stereocenters. The van der Waals surface area contributed by atoms with Gasteiger partial charge in [0, 0.05) is 11.3 Å². The molecule has 0 aliphatic heterocycles. The van der Waals surface area contributed by atoms with Gasteiger partial charge in [-0.3, -0.25) is 0 Å². The maximum absolute atomic E-state index is 6.50. The molecule has 1 aromatic carbocycles. The van der Waals surface area contributed by atoms with E-state index >= 15 is 0 Å². The first-order chi connectivity index (χ1) is 10.7. The number of aryl methyl sites for hydroxylation is 1. The number of hydrogen-bond acceptors (Lipinski definition) is 3. The van der Waals surface area contributed by atoms with Gasteiger partial charge in [0.25, 0.3) is 0 Å². The fourth-order valence-corrected chi connectivity index (χ4v) is 4.96. The highest BCUT2D eigenvalue weighted by molar-refractivity contribution is 7.19. The van der Waals surface area contributed by atoms with Crippen molar-refractivity contribution in [1.82, 2.24) is 9.97 Å². The van der Waals surface area contributed by atoms with Gasteiger partial charge in [0.05, 0.1) is 5.39 Å². The van der Waals surface area contributed by atoms with Crippen molar-refractivity contribution in [3.8, 4) is 0 Å². The van der Waals surface area contributed by atoms with Crippen LogP contribution in [-0.4, -0.2) is 9.97 Å². The number of aromatic nitrogens is 2. The van der Waals surface area contributed by atoms with Crippen LogP contribution >= 0.6 is 22.9 Å². The van der Waals surface area contributed by atoms with E-state index in [-0.39, 0.29) is 0 Å². The Kier molecular flexibility index (Phi) is 3.63. The monoisotopic (exact) mass is 328 g/mol. The minimum Gasteiger partial charge on any atom is -0.222 e. The Labute approximate surface area is 139 Å². The molecular formula is C18H17ClN2S. The molecule has 0 spiro atoms. The summed E-state index contributed by atoms with van der Waals surface area (Å²) in [4.78, 5) is 11.9. The van der Waals surface area contributed by atoms with Gasteiger partial charge in [0.1, 0.15) is 15.8 Å². The molecule has 22 heavy (non-hydrogen) atoms. The zero-order valence-electron chi connectivity index (χ0n) is 12.5. The van der Waals surface area contributed by atoms with Crippen LogP contribution in [-0.2, 0) is 19.3 Å². The largest absolute Gasteiger partial charge is 0.222 e. The van der Waals surface area contributed by atoms with E-state index in [1.807, 2.05) is 18.2 Å². The van der Waals surface area contributed by atoms with Crippen molar-refractivity contribution >= 4 is 33.2 Å². The first kappa shape index (κ1) is 14.2. The van der Waals surface area contributed by atoms with E-state index in [0.29, 0.717) is 5.15 Å². The van der Waals surface area contributed by atoms with Gasteiger partial charge in [-0.1, -0.05) is 48.9 Å². The molecular weight excluding hydrogens is 312 g/mol. The normalized spacial score (nSPS) is 17.6. The lowest BCUT2D eigenvalue weighted by molar-refractivity contribution is 0.509. The molecule has 0 saturated carbocycles. The fraction of sp³-hybridized carbons (Fsp3) is 0.333. The quantitative estimate of drug-likeness (QED) is 0.614. The van der Waals surface area contributed by atoms with Crippen molar-refractivity contribution in [3.63, 3.8) is 0 Å². The summed E-state index contributed by atoms with van der Waals surface area (Å²) in [6, 6.07) is 10.3. The standard InChI is InChI=1S/C18H17ClN2S/c1-11-7-8-13-14(9-11)22-18-16(13)17(19)20-15(21-18)10-12-5-3-2-4-6-12/h2-6,11H,7-10H2,1H3. The zero-order chi connectivity index (χ0) is 15.1. The lowest BCUT2D eigenvalue weighted by Gasteiger charge is -2.17. The van der Waals surface area contributed by atoms with Crippen molar-refractivity contribution in [1.29, 1.82) is 0 Å². The van der Waals surface area contributed by atoms with Gasteiger partial charge >= 0.3 is 0 Å². The molecule has 1 aliphatic rings. The number of thiophene rings is 1. The average Bonchev–Trinajstić information content (AvgIpc) is 2.85. The SMILES string of the molecule is CC1CCc2c(sc3nc(Cc4ccccc4)nc(Cl)c23)C1. The predicted octanol–water partition coefficient (Wildman–Crippen LogP) is 5.06. The molecule has 2 nitrogen and oxygen atoms in total. The lowest BCUT2D eigenvalue weighted by atomic mass is 9.89. The summed E-state index contributed by atoms with van der Waals surface area (Å²) in [5.74, 6) is 1.58. The Morgan fingerprint density at radius 1 is 1.23 bits per heavy atom. The second kappa shape index (κ2) is 5.64. The van der Waals surface area contributed by atoms with Crippen LogP contribution in [0.3, 0.4) is 0 Å². The van der Waals surface area contributed by atoms with Crippen molar-refractivity contribution in [2.45, 2.75) is 32.6 Å². The number of benzene rings is 1. The van der Waals surface area contributed by atoms with Crippen molar-refractivity contribution in [3.05, 3.63) is 57.3 Å². The van der Waals surface area contributed by atoms with Gasteiger partial charge in [0.15, 0.2) is 0 Å². The van der Waals surface area contributed by atoms with Gasteiger partial charge in [-0.05, 0) is 36.3 Å². The van der Waals surface area contributed by atoms with Crippen LogP contribution in [0.15, 0.2) is 30.3 Å². The van der Waals surface area contributed by atoms with Crippen molar-refractivity contribution in [2.24, 2.45) is 5.92 Å². The Morgan fingerprint density at radius 3 is 2.86 bits per heavy atom. The summed E-state index contributed by atoms with van der Waals surface area (Å²) in [6.45, 7) is 2.32. The van der Waals surface area contributed by atoms with Gasteiger partial charge in [-0.25, -0.2) is 9.97 Å². The van der Waals surface area contributed by atoms with Crippen LogP contribution < -0.4 is 0 Å². The van der Waals surface area contributed by atoms with E-state index in [1.165, 1.54) is 22.4 Å². The van der Waals surface area contributed by atoms with Crippen LogP contribution in [0.1, 0.15) is 35.2 Å². The third kappa shape index (κ3) is 2.53. The van der Waals surface area contributed by atoms with Crippen LogP contribution in [0.5, 0.6) is 0 Å². The highest BCUT2D eigenvalue weighted by atomic mass is 35.5. The molecule has 112 valence electrons. The molecule has 4 rings (SSSR count). The molecule has 0 amide bonds. The number of halogens is 1. The number of rotatable bonds is 2. The second-order valence-electron chi connectivity index (χ2n) is 6.12. The van der Waals surface area contributed by atoms with Crippen LogP contribution in [0.25, 0.3) is 10.2 Å². The topological polar surface area (TPSA) is 25.8 Å². The summed E-state index contributed by atoms with van der Waals surface area (Å²) >= 11 is 8.31. The Balaban J connectivity index is 1.77. The van der Waals surface area contributed by atoms with Gasteiger partial charge in [-0.2, -0.15) is 0 Å². The van der Waals surface area contributed by atoms with E-state index in [0.717, 1.165) is 41.2 Å². The molecule has 1 aliphatic carbocycles. The molecule has 0 radical (unpaired) electrons. The Hall–Kier alpha value is -1.45. The van der Waals surface area contributed by atoms with Crippen LogP contribution in [0, 0.1) is 5.92 Å². The second-order valence-corrected chi connectivity index (χ2v) is 7.57. The van der Waals surface area contributed by atoms with Crippen molar-refractivity contribution < 1.29 is 0 Å². The number of hydrogen-bond donors (Lipinski definition) is 0. The molecule has 1 unspecified atom stereocenters. The first-order valence-electron chi connectivity index (χ1n) is 7.71. The van der Waals surface area contributed by atoms with Gasteiger partial charge in [0.2, 0.25) is 0 Å². The average molecular weight is 329 g/mol. The number of fused-ring (bicyclic) bond motifs is 3. The third-order valence-corrected chi connectivity index (χ3v) is 5.78. The molecule has 2 heterocycles. The third-order valence-electron chi connectivity index (χ3n) is 4.36. The summed E-state index contributed by atoms with van der Waals surface area (Å²) < 4.78 is 0. The minimum absolute atomic E-state index is 0.628. The Bertz CT molecular complexity index is 826.